The Balaban J connectivity index is 1.40. The molecule has 1 amide bonds. The molecule has 182 valence electrons. The molecule has 7 nitrogen and oxygen atoms in total. The Bertz CT molecular complexity index is 970. The van der Waals surface area contributed by atoms with Crippen LogP contribution in [0.15, 0.2) is 12.4 Å². The first kappa shape index (κ1) is 24.3. The number of halogens is 1. The van der Waals surface area contributed by atoms with Crippen LogP contribution in [0.3, 0.4) is 0 Å². The van der Waals surface area contributed by atoms with Crippen LogP contribution >= 0.6 is 11.6 Å². The summed E-state index contributed by atoms with van der Waals surface area (Å²) in [4.78, 5) is 18.2. The first-order valence-electron chi connectivity index (χ1n) is 12.4. The quantitative estimate of drug-likeness (QED) is 0.629. The number of hydrogen-bond donors (Lipinski definition) is 0. The fraction of sp³-hybridized carbons (Fsp3) is 0.720. The molecule has 2 aromatic heterocycles. The van der Waals surface area contributed by atoms with E-state index in [0.717, 1.165) is 38.0 Å². The number of aromatic nitrogens is 4. The molecule has 0 aliphatic carbocycles. The zero-order valence-corrected chi connectivity index (χ0v) is 21.7. The van der Waals surface area contributed by atoms with Crippen molar-refractivity contribution in [2.45, 2.75) is 66.3 Å². The van der Waals surface area contributed by atoms with Gasteiger partial charge in [-0.05, 0) is 69.5 Å². The van der Waals surface area contributed by atoms with E-state index in [9.17, 15) is 4.79 Å². The van der Waals surface area contributed by atoms with Gasteiger partial charge in [-0.3, -0.25) is 14.2 Å². The number of carbonyl (C=O) groups excluding carboxylic acids is 1. The lowest BCUT2D eigenvalue weighted by Gasteiger charge is -2.47. The Morgan fingerprint density at radius 3 is 2.33 bits per heavy atom. The van der Waals surface area contributed by atoms with E-state index in [1.54, 1.807) is 17.9 Å². The highest BCUT2D eigenvalue weighted by molar-refractivity contribution is 6.33. The van der Waals surface area contributed by atoms with Gasteiger partial charge in [0.1, 0.15) is 16.4 Å². The molecule has 2 aliphatic rings. The van der Waals surface area contributed by atoms with Gasteiger partial charge in [-0.1, -0.05) is 32.4 Å². The van der Waals surface area contributed by atoms with Gasteiger partial charge in [0.25, 0.3) is 5.91 Å². The van der Waals surface area contributed by atoms with E-state index in [2.05, 4.69) is 35.9 Å². The van der Waals surface area contributed by atoms with Gasteiger partial charge in [0, 0.05) is 38.4 Å². The summed E-state index contributed by atoms with van der Waals surface area (Å²) in [5, 5.41) is 9.29. The van der Waals surface area contributed by atoms with Crippen molar-refractivity contribution in [1.29, 1.82) is 0 Å². The van der Waals surface area contributed by atoms with E-state index in [4.69, 9.17) is 11.6 Å². The normalized spacial score (nSPS) is 19.4. The molecular weight excluding hydrogens is 436 g/mol. The highest BCUT2D eigenvalue weighted by Crippen LogP contribution is 2.42. The second-order valence-electron chi connectivity index (χ2n) is 11.2. The average molecular weight is 475 g/mol. The Morgan fingerprint density at radius 2 is 1.76 bits per heavy atom. The third-order valence-corrected chi connectivity index (χ3v) is 8.06. The Labute approximate surface area is 203 Å². The number of rotatable bonds is 5. The lowest BCUT2D eigenvalue weighted by atomic mass is 9.71. The minimum absolute atomic E-state index is 0.00943. The van der Waals surface area contributed by atoms with Gasteiger partial charge in [0.05, 0.1) is 6.20 Å². The van der Waals surface area contributed by atoms with Crippen LogP contribution in [-0.2, 0) is 13.6 Å². The molecule has 2 aromatic rings. The van der Waals surface area contributed by atoms with E-state index in [1.807, 2.05) is 22.7 Å². The van der Waals surface area contributed by atoms with E-state index < -0.39 is 0 Å². The maximum absolute atomic E-state index is 13.6. The Hall–Kier alpha value is -1.86. The van der Waals surface area contributed by atoms with Crippen molar-refractivity contribution in [3.8, 4) is 11.3 Å². The SMILES string of the molecule is CCn1cc(-c2nn(C)c(Cl)c2C(=O)N2CCC3(CCN(CCC(C)(C)C)CC3)CC2)cn1. The molecule has 0 radical (unpaired) electrons. The molecule has 0 saturated carbocycles. The van der Waals surface area contributed by atoms with Crippen LogP contribution in [-0.4, -0.2) is 68.0 Å². The Morgan fingerprint density at radius 1 is 1.12 bits per heavy atom. The number of carbonyl (C=O) groups is 1. The predicted octanol–water partition coefficient (Wildman–Crippen LogP) is 4.71. The summed E-state index contributed by atoms with van der Waals surface area (Å²) in [6.07, 6.45) is 9.57. The van der Waals surface area contributed by atoms with Gasteiger partial charge < -0.3 is 9.80 Å². The van der Waals surface area contributed by atoms with E-state index >= 15 is 0 Å². The molecular formula is C25H39ClN6O. The van der Waals surface area contributed by atoms with Crippen molar-refractivity contribution >= 4 is 17.5 Å². The highest BCUT2D eigenvalue weighted by Gasteiger charge is 2.39. The molecule has 0 N–H and O–H groups in total. The molecule has 0 unspecified atom stereocenters. The first-order chi connectivity index (χ1) is 15.6. The number of hydrogen-bond acceptors (Lipinski definition) is 4. The third-order valence-electron chi connectivity index (χ3n) is 7.63. The number of amides is 1. The van der Waals surface area contributed by atoms with Crippen LogP contribution in [0.25, 0.3) is 11.3 Å². The lowest BCUT2D eigenvalue weighted by molar-refractivity contribution is 0.0283. The van der Waals surface area contributed by atoms with Crippen molar-refractivity contribution in [2.24, 2.45) is 17.9 Å². The van der Waals surface area contributed by atoms with Crippen LogP contribution in [0.2, 0.25) is 5.15 Å². The average Bonchev–Trinajstić information content (AvgIpc) is 3.37. The standard InChI is InChI=1S/C25H39ClN6O/c1-6-32-18-19(17-27-32)21-20(22(26)29(5)28-21)23(33)31-15-10-25(11-16-31)8-13-30(14-9-25)12-7-24(2,3)4/h17-18H,6-16H2,1-5H3. The number of likely N-dealkylation sites (tertiary alicyclic amines) is 2. The molecule has 2 aliphatic heterocycles. The summed E-state index contributed by atoms with van der Waals surface area (Å²) < 4.78 is 3.43. The summed E-state index contributed by atoms with van der Waals surface area (Å²) in [6.45, 7) is 14.9. The molecule has 8 heteroatoms. The topological polar surface area (TPSA) is 59.2 Å². The van der Waals surface area contributed by atoms with Gasteiger partial charge >= 0.3 is 0 Å². The molecule has 2 saturated heterocycles. The van der Waals surface area contributed by atoms with E-state index in [0.29, 0.717) is 27.2 Å². The van der Waals surface area contributed by atoms with Crippen molar-refractivity contribution in [1.82, 2.24) is 29.4 Å². The minimum Gasteiger partial charge on any atom is -0.338 e. The number of aryl methyl sites for hydroxylation is 2. The second-order valence-corrected chi connectivity index (χ2v) is 11.5. The molecule has 4 rings (SSSR count). The largest absolute Gasteiger partial charge is 0.338 e. The van der Waals surface area contributed by atoms with Crippen molar-refractivity contribution in [3.05, 3.63) is 23.1 Å². The van der Waals surface area contributed by atoms with Crippen LogP contribution in [0.1, 0.15) is 70.2 Å². The maximum atomic E-state index is 13.6. The smallest absolute Gasteiger partial charge is 0.259 e. The molecule has 33 heavy (non-hydrogen) atoms. The van der Waals surface area contributed by atoms with E-state index in [1.165, 1.54) is 38.9 Å². The third kappa shape index (κ3) is 5.29. The summed E-state index contributed by atoms with van der Waals surface area (Å²) in [7, 11) is 1.78. The summed E-state index contributed by atoms with van der Waals surface area (Å²) in [5.74, 6) is -0.00943. The molecule has 0 bridgehead atoms. The number of piperidine rings is 2. The fourth-order valence-corrected chi connectivity index (χ4v) is 5.35. The first-order valence-corrected chi connectivity index (χ1v) is 12.8. The van der Waals surface area contributed by atoms with Crippen molar-refractivity contribution in [3.63, 3.8) is 0 Å². The van der Waals surface area contributed by atoms with Crippen LogP contribution in [0, 0.1) is 10.8 Å². The Kier molecular flexibility index (Phi) is 6.92. The monoisotopic (exact) mass is 474 g/mol. The zero-order valence-electron chi connectivity index (χ0n) is 20.9. The molecule has 4 heterocycles. The van der Waals surface area contributed by atoms with Gasteiger partial charge in [-0.15, -0.1) is 0 Å². The second kappa shape index (κ2) is 9.41. The molecule has 0 aromatic carbocycles. The van der Waals surface area contributed by atoms with Gasteiger partial charge in [0.15, 0.2) is 0 Å². The summed E-state index contributed by atoms with van der Waals surface area (Å²) >= 11 is 6.56. The molecule has 1 spiro atoms. The lowest BCUT2D eigenvalue weighted by Crippen LogP contribution is -2.48. The van der Waals surface area contributed by atoms with Gasteiger partial charge in [-0.2, -0.15) is 10.2 Å². The van der Waals surface area contributed by atoms with Crippen molar-refractivity contribution < 1.29 is 4.79 Å². The van der Waals surface area contributed by atoms with Crippen LogP contribution in [0.5, 0.6) is 0 Å². The van der Waals surface area contributed by atoms with Gasteiger partial charge in [-0.25, -0.2) is 0 Å². The summed E-state index contributed by atoms with van der Waals surface area (Å²) in [6, 6.07) is 0. The maximum Gasteiger partial charge on any atom is 0.259 e. The van der Waals surface area contributed by atoms with E-state index in [-0.39, 0.29) is 5.91 Å². The predicted molar refractivity (Wildman–Crippen MR) is 132 cm³/mol. The molecule has 2 fully saturated rings. The zero-order chi connectivity index (χ0) is 23.8. The fourth-order valence-electron chi connectivity index (χ4n) is 5.14. The van der Waals surface area contributed by atoms with Crippen molar-refractivity contribution in [2.75, 3.05) is 32.7 Å². The number of nitrogens with zero attached hydrogens (tertiary/aromatic N) is 6. The minimum atomic E-state index is -0.00943. The molecule has 0 atom stereocenters. The van der Waals surface area contributed by atoms with Crippen LogP contribution < -0.4 is 0 Å². The van der Waals surface area contributed by atoms with Crippen LogP contribution in [0.4, 0.5) is 0 Å². The van der Waals surface area contributed by atoms with Gasteiger partial charge in [0.2, 0.25) is 0 Å². The highest BCUT2D eigenvalue weighted by atomic mass is 35.5. The summed E-state index contributed by atoms with van der Waals surface area (Å²) in [5.41, 5.74) is 2.74.